The third-order valence-electron chi connectivity index (χ3n) is 11.7. The monoisotopic (exact) mass is 821 g/mol. The first-order chi connectivity index (χ1) is 28.7. The quantitative estimate of drug-likeness (QED) is 0.316. The third-order valence-corrected chi connectivity index (χ3v) is 11.7. The number of esters is 1. The van der Waals surface area contributed by atoms with E-state index < -0.39 is 83.8 Å². The molecule has 0 unspecified atom stereocenters. The first-order valence-electron chi connectivity index (χ1n) is 20.6. The Kier molecular flexibility index (Phi) is 13.9. The predicted molar refractivity (Wildman–Crippen MR) is 223 cm³/mol. The third kappa shape index (κ3) is 9.78. The Hall–Kier alpha value is -6.25. The van der Waals surface area contributed by atoms with Crippen LogP contribution >= 0.6 is 0 Å². The van der Waals surface area contributed by atoms with E-state index in [9.17, 15) is 33.6 Å². The number of hydrogen-bond donors (Lipinski definition) is 3. The van der Waals surface area contributed by atoms with Crippen LogP contribution in [-0.4, -0.2) is 127 Å². The van der Waals surface area contributed by atoms with Crippen LogP contribution in [0.1, 0.15) is 73.5 Å². The number of amides is 6. The van der Waals surface area contributed by atoms with Crippen LogP contribution in [0.15, 0.2) is 84.9 Å². The minimum Gasteiger partial charge on any atom is -0.458 e. The fourth-order valence-corrected chi connectivity index (χ4v) is 8.18. The van der Waals surface area contributed by atoms with Crippen LogP contribution in [0, 0.1) is 0 Å². The number of rotatable bonds is 6. The van der Waals surface area contributed by atoms with Gasteiger partial charge in [0.05, 0.1) is 0 Å². The molecule has 3 fully saturated rings. The van der Waals surface area contributed by atoms with Gasteiger partial charge in [0.1, 0.15) is 36.3 Å². The van der Waals surface area contributed by atoms with E-state index in [0.717, 1.165) is 11.3 Å². The van der Waals surface area contributed by atoms with Crippen LogP contribution in [0.5, 0.6) is 0 Å². The molecular weight excluding hydrogens is 767 g/mol. The topological polar surface area (TPSA) is 178 Å². The maximum atomic E-state index is 14.9. The molecule has 3 heterocycles. The molecule has 0 saturated carbocycles. The molecule has 3 aromatic carbocycles. The lowest BCUT2D eigenvalue weighted by atomic mass is 9.96. The molecule has 15 heteroatoms. The van der Waals surface area contributed by atoms with Crippen molar-refractivity contribution >= 4 is 47.1 Å². The number of nitrogens with zero attached hydrogens (tertiary/aromatic N) is 4. The summed E-state index contributed by atoms with van der Waals surface area (Å²) < 4.78 is 5.91. The number of piperidine rings is 1. The summed E-state index contributed by atoms with van der Waals surface area (Å²) in [6.07, 6.45) is 1.27. The number of anilines is 1. The van der Waals surface area contributed by atoms with Crippen molar-refractivity contribution in [3.63, 3.8) is 0 Å². The molecule has 3 aliphatic rings. The highest BCUT2D eigenvalue weighted by Gasteiger charge is 2.44. The molecule has 0 radical (unpaired) electrons. The Balaban J connectivity index is 1.40. The molecule has 15 nitrogen and oxygen atoms in total. The average molecular weight is 822 g/mol. The number of carbonyl (C=O) groups is 7. The van der Waals surface area contributed by atoms with Gasteiger partial charge in [-0.05, 0) is 81.3 Å². The first-order valence-corrected chi connectivity index (χ1v) is 20.6. The van der Waals surface area contributed by atoms with Crippen molar-refractivity contribution in [3.05, 3.63) is 102 Å². The Morgan fingerprint density at radius 1 is 0.733 bits per heavy atom. The number of hydrogen-bond acceptors (Lipinski definition) is 9. The highest BCUT2D eigenvalue weighted by Crippen LogP contribution is 2.27. The molecular formula is C45H55N7O8. The van der Waals surface area contributed by atoms with Gasteiger partial charge in [-0.2, -0.15) is 0 Å². The fraction of sp³-hybridized carbons (Fsp3) is 0.444. The largest absolute Gasteiger partial charge is 0.458 e. The van der Waals surface area contributed by atoms with E-state index in [0.29, 0.717) is 37.7 Å². The van der Waals surface area contributed by atoms with Gasteiger partial charge in [-0.1, -0.05) is 60.7 Å². The van der Waals surface area contributed by atoms with Crippen LogP contribution in [0.2, 0.25) is 0 Å². The Morgan fingerprint density at radius 3 is 2.02 bits per heavy atom. The van der Waals surface area contributed by atoms with E-state index in [1.54, 1.807) is 67.7 Å². The second-order valence-electron chi connectivity index (χ2n) is 16.0. The summed E-state index contributed by atoms with van der Waals surface area (Å²) in [5.74, 6) is -4.32. The predicted octanol–water partition coefficient (Wildman–Crippen LogP) is 2.60. The van der Waals surface area contributed by atoms with Crippen LogP contribution in [0.4, 0.5) is 5.69 Å². The molecule has 3 aliphatic heterocycles. The van der Waals surface area contributed by atoms with E-state index >= 15 is 0 Å². The number of fused-ring (bicyclic) bond motifs is 2. The maximum Gasteiger partial charge on any atom is 0.333 e. The summed E-state index contributed by atoms with van der Waals surface area (Å²) >= 11 is 0. The van der Waals surface area contributed by atoms with Gasteiger partial charge in [-0.3, -0.25) is 28.8 Å². The van der Waals surface area contributed by atoms with Crippen LogP contribution in [-0.2, 0) is 39.9 Å². The number of benzene rings is 3. The minimum atomic E-state index is -1.48. The van der Waals surface area contributed by atoms with E-state index in [1.807, 2.05) is 43.3 Å². The molecule has 3 N–H and O–H groups in total. The number of carbonyl (C=O) groups excluding carboxylic acids is 7. The highest BCUT2D eigenvalue weighted by atomic mass is 16.5. The Bertz CT molecular complexity index is 2050. The van der Waals surface area contributed by atoms with Crippen molar-refractivity contribution < 1.29 is 38.3 Å². The van der Waals surface area contributed by atoms with E-state index in [1.165, 1.54) is 28.5 Å². The second-order valence-corrected chi connectivity index (χ2v) is 16.0. The van der Waals surface area contributed by atoms with Gasteiger partial charge in [0.25, 0.3) is 5.91 Å². The van der Waals surface area contributed by atoms with E-state index in [2.05, 4.69) is 16.0 Å². The van der Waals surface area contributed by atoms with Gasteiger partial charge < -0.3 is 40.3 Å². The number of likely N-dealkylation sites (N-methyl/N-ethyl adjacent to an activating group) is 1. The molecule has 7 atom stereocenters. The first kappa shape index (κ1) is 43.3. The molecule has 318 valence electrons. The summed E-state index contributed by atoms with van der Waals surface area (Å²) in [6, 6.07) is 17.3. The van der Waals surface area contributed by atoms with Gasteiger partial charge in [0, 0.05) is 51.9 Å². The van der Waals surface area contributed by atoms with Gasteiger partial charge in [0.2, 0.25) is 29.5 Å². The molecule has 6 amide bonds. The lowest BCUT2D eigenvalue weighted by molar-refractivity contribution is -0.156. The fourth-order valence-electron chi connectivity index (χ4n) is 8.18. The standard InChI is InChI=1S/C45H55N7O8/c1-28-42(56)52-26-14-20-35(52)43(57)50(5)36(27-30-21-23-33(24-22-30)49(3)4)44(58)51-25-13-12-19-34(51)40(54)48-38(31-15-8-6-9-16-31)45(59)60-29(2)37(41(55)46-28)47-39(53)32-17-10-7-11-18-32/h6-11,15-18,21-24,28-29,34-38H,12-14,19-20,25-27H2,1-5H3,(H,46,55)(H,47,53)(H,48,54)/t28-,29-,34+,35+,36+,37+,38+/m1/s1. The zero-order valence-electron chi connectivity index (χ0n) is 34.8. The van der Waals surface area contributed by atoms with Crippen molar-refractivity contribution in [2.24, 2.45) is 0 Å². The number of ether oxygens (including phenoxy) is 1. The molecule has 0 bridgehead atoms. The lowest BCUT2D eigenvalue weighted by Crippen LogP contribution is -2.60. The molecule has 0 aromatic heterocycles. The molecule has 60 heavy (non-hydrogen) atoms. The molecule has 3 saturated heterocycles. The zero-order valence-corrected chi connectivity index (χ0v) is 34.8. The van der Waals surface area contributed by atoms with Gasteiger partial charge in [-0.15, -0.1) is 0 Å². The summed E-state index contributed by atoms with van der Waals surface area (Å²) in [5, 5.41) is 8.20. The van der Waals surface area contributed by atoms with Crippen molar-refractivity contribution in [1.29, 1.82) is 0 Å². The molecule has 6 rings (SSSR count). The van der Waals surface area contributed by atoms with Crippen LogP contribution in [0.25, 0.3) is 0 Å². The van der Waals surface area contributed by atoms with Gasteiger partial charge in [0.15, 0.2) is 6.04 Å². The minimum absolute atomic E-state index is 0.139. The summed E-state index contributed by atoms with van der Waals surface area (Å²) in [6.45, 7) is 3.41. The Labute approximate surface area is 350 Å². The number of cyclic esters (lactones) is 1. The zero-order chi connectivity index (χ0) is 43.1. The van der Waals surface area contributed by atoms with Crippen molar-refractivity contribution in [2.75, 3.05) is 39.1 Å². The summed E-state index contributed by atoms with van der Waals surface area (Å²) in [4.78, 5) is 106. The molecule has 3 aromatic rings. The van der Waals surface area contributed by atoms with Crippen LogP contribution in [0.3, 0.4) is 0 Å². The van der Waals surface area contributed by atoms with Gasteiger partial charge >= 0.3 is 5.97 Å². The lowest BCUT2D eigenvalue weighted by Gasteiger charge is -2.40. The van der Waals surface area contributed by atoms with E-state index in [4.69, 9.17) is 4.74 Å². The summed E-state index contributed by atoms with van der Waals surface area (Å²) in [5.41, 5.74) is 2.38. The van der Waals surface area contributed by atoms with Crippen molar-refractivity contribution in [2.45, 2.75) is 94.7 Å². The number of nitrogens with one attached hydrogen (secondary N) is 3. The smallest absolute Gasteiger partial charge is 0.333 e. The highest BCUT2D eigenvalue weighted by molar-refractivity contribution is 6.00. The second kappa shape index (κ2) is 19.2. The maximum absolute atomic E-state index is 14.9. The normalized spacial score (nSPS) is 26.1. The average Bonchev–Trinajstić information content (AvgIpc) is 3.75. The van der Waals surface area contributed by atoms with E-state index in [-0.39, 0.29) is 25.1 Å². The molecule has 0 aliphatic carbocycles. The molecule has 0 spiro atoms. The summed E-state index contributed by atoms with van der Waals surface area (Å²) in [7, 11) is 5.40. The van der Waals surface area contributed by atoms with Crippen molar-refractivity contribution in [3.8, 4) is 0 Å². The SMILES string of the molecule is C[C@H]1NC(=O)[C@@H](NC(=O)c2ccccc2)[C@@H](C)OC(=O)[C@H](c2ccccc2)NC(=O)[C@@H]2CCCCN2C(=O)[C@H](Cc2ccc(N(C)C)cc2)N(C)C(=O)[C@@H]2CCCN2C1=O. The van der Waals surface area contributed by atoms with Crippen LogP contribution < -0.4 is 20.9 Å². The van der Waals surface area contributed by atoms with Crippen molar-refractivity contribution in [1.82, 2.24) is 30.7 Å². The Morgan fingerprint density at radius 2 is 1.35 bits per heavy atom. The van der Waals surface area contributed by atoms with Gasteiger partial charge in [-0.25, -0.2) is 4.79 Å².